The van der Waals surface area contributed by atoms with Crippen LogP contribution in [0.5, 0.6) is 5.75 Å². The zero-order chi connectivity index (χ0) is 25.6. The van der Waals surface area contributed by atoms with Gasteiger partial charge in [0, 0.05) is 72.9 Å². The van der Waals surface area contributed by atoms with Crippen molar-refractivity contribution in [2.75, 3.05) is 46.0 Å². The van der Waals surface area contributed by atoms with E-state index in [4.69, 9.17) is 4.74 Å². The molecule has 1 aromatic heterocycles. The maximum absolute atomic E-state index is 15.6. The average Bonchev–Trinajstić information content (AvgIpc) is 3.15. The molecule has 1 saturated heterocycles. The molecule has 2 atom stereocenters. The smallest absolute Gasteiger partial charge is 0.135 e. The second-order valence-electron chi connectivity index (χ2n) is 10.9. The summed E-state index contributed by atoms with van der Waals surface area (Å²) in [6.45, 7) is 7.37. The Balaban J connectivity index is 1.46. The zero-order valence-electron chi connectivity index (χ0n) is 21.0. The molecule has 0 spiro atoms. The number of hydrogen-bond acceptors (Lipinski definition) is 3. The molecular formula is C28H33F4N3O. The molecule has 0 aliphatic carbocycles. The van der Waals surface area contributed by atoms with Gasteiger partial charge in [0.05, 0.1) is 12.7 Å². The van der Waals surface area contributed by atoms with E-state index in [1.165, 1.54) is 26.0 Å². The number of rotatable bonds is 8. The van der Waals surface area contributed by atoms with Crippen LogP contribution in [0.15, 0.2) is 36.4 Å². The van der Waals surface area contributed by atoms with Crippen molar-refractivity contribution in [2.24, 2.45) is 5.92 Å². The second kappa shape index (κ2) is 9.71. The average molecular weight is 504 g/mol. The molecule has 194 valence electrons. The Bertz CT molecular complexity index is 1210. The van der Waals surface area contributed by atoms with Crippen molar-refractivity contribution in [3.8, 4) is 5.75 Å². The number of hydrogen-bond donors (Lipinski definition) is 1. The van der Waals surface area contributed by atoms with E-state index in [1.54, 1.807) is 0 Å². The molecule has 8 heteroatoms. The van der Waals surface area contributed by atoms with Gasteiger partial charge in [-0.3, -0.25) is 14.2 Å². The highest BCUT2D eigenvalue weighted by Gasteiger charge is 2.40. The minimum Gasteiger partial charge on any atom is -0.492 e. The topological polar surface area (TPSA) is 31.5 Å². The van der Waals surface area contributed by atoms with E-state index in [2.05, 4.69) is 11.9 Å². The summed E-state index contributed by atoms with van der Waals surface area (Å²) in [4.78, 5) is 7.26. The summed E-state index contributed by atoms with van der Waals surface area (Å²) in [5.41, 5.74) is 0.951. The summed E-state index contributed by atoms with van der Waals surface area (Å²) in [7, 11) is 0. The van der Waals surface area contributed by atoms with E-state index >= 15 is 8.78 Å². The largest absolute Gasteiger partial charge is 0.492 e. The van der Waals surface area contributed by atoms with Crippen molar-refractivity contribution >= 4 is 10.9 Å². The van der Waals surface area contributed by atoms with Crippen LogP contribution in [0, 0.1) is 17.6 Å². The Morgan fingerprint density at radius 3 is 2.42 bits per heavy atom. The first-order chi connectivity index (χ1) is 17.1. The van der Waals surface area contributed by atoms with E-state index in [9.17, 15) is 8.78 Å². The predicted octanol–water partition coefficient (Wildman–Crippen LogP) is 5.98. The molecule has 0 unspecified atom stereocenters. The van der Waals surface area contributed by atoms with Crippen LogP contribution in [-0.2, 0) is 0 Å². The summed E-state index contributed by atoms with van der Waals surface area (Å²) in [5, 5.41) is 1.02. The summed E-state index contributed by atoms with van der Waals surface area (Å²) in [5.74, 6) is -1.21. The van der Waals surface area contributed by atoms with Gasteiger partial charge in [0.25, 0.3) is 0 Å². The number of H-pyrrole nitrogens is 1. The van der Waals surface area contributed by atoms with E-state index in [0.717, 1.165) is 16.5 Å². The number of likely N-dealkylation sites (tertiary alicyclic amines) is 1. The predicted molar refractivity (Wildman–Crippen MR) is 133 cm³/mol. The minimum atomic E-state index is -1.55. The molecule has 3 aromatic rings. The molecule has 0 amide bonds. The number of aromatic amines is 1. The first kappa shape index (κ1) is 25.1. The number of halogens is 4. The molecule has 36 heavy (non-hydrogen) atoms. The first-order valence-electron chi connectivity index (χ1n) is 12.6. The van der Waals surface area contributed by atoms with Crippen molar-refractivity contribution in [2.45, 2.75) is 38.4 Å². The number of benzene rings is 2. The van der Waals surface area contributed by atoms with Gasteiger partial charge < -0.3 is 9.72 Å². The standard InChI is InChI=1S/C28H33F4N3O/c1-17-13-35(16-28(2,3)32)27(26-24(17)20-6-4-5-7-23(20)33-26)25-21(30)10-19(11-22(25)31)36-9-8-34-14-18(12-29)15-34/h4-7,10-11,17-18,27,33H,8-9,12-16H2,1-3H3/t17-,27-/m0/s1. The lowest BCUT2D eigenvalue weighted by atomic mass is 9.85. The lowest BCUT2D eigenvalue weighted by Crippen LogP contribution is -2.49. The summed E-state index contributed by atoms with van der Waals surface area (Å²) < 4.78 is 64.3. The molecule has 2 aromatic carbocycles. The molecule has 0 bridgehead atoms. The van der Waals surface area contributed by atoms with Gasteiger partial charge in [0.1, 0.15) is 29.7 Å². The van der Waals surface area contributed by atoms with Gasteiger partial charge >= 0.3 is 0 Å². The van der Waals surface area contributed by atoms with Gasteiger partial charge in [0.15, 0.2) is 0 Å². The normalized spacial score (nSPS) is 21.5. The number of para-hydroxylation sites is 1. The van der Waals surface area contributed by atoms with Gasteiger partial charge in [-0.15, -0.1) is 0 Å². The molecule has 5 rings (SSSR count). The Kier molecular flexibility index (Phi) is 6.76. The highest BCUT2D eigenvalue weighted by Crippen LogP contribution is 2.45. The number of aromatic nitrogens is 1. The Hall–Kier alpha value is -2.58. The number of fused-ring (bicyclic) bond motifs is 3. The van der Waals surface area contributed by atoms with Gasteiger partial charge in [-0.1, -0.05) is 25.1 Å². The lowest BCUT2D eigenvalue weighted by molar-refractivity contribution is 0.0667. The number of nitrogens with one attached hydrogen (secondary N) is 1. The first-order valence-corrected chi connectivity index (χ1v) is 12.6. The third-order valence-corrected chi connectivity index (χ3v) is 7.25. The molecule has 1 N–H and O–H groups in total. The highest BCUT2D eigenvalue weighted by atomic mass is 19.1. The molecule has 3 heterocycles. The third-order valence-electron chi connectivity index (χ3n) is 7.25. The Labute approximate surface area is 209 Å². The molecule has 0 radical (unpaired) electrons. The van der Waals surface area contributed by atoms with E-state index < -0.39 is 23.3 Å². The van der Waals surface area contributed by atoms with E-state index in [0.29, 0.717) is 31.9 Å². The quantitative estimate of drug-likeness (QED) is 0.384. The van der Waals surface area contributed by atoms with Gasteiger partial charge in [0.2, 0.25) is 0 Å². The maximum Gasteiger partial charge on any atom is 0.135 e. The SMILES string of the molecule is C[C@H]1CN(CC(C)(C)F)[C@@H](c2c(F)cc(OCCN3CC(CF)C3)cc2F)c2[nH]c3ccccc3c21. The molecule has 2 aliphatic heterocycles. The van der Waals surface area contributed by atoms with Crippen LogP contribution in [0.2, 0.25) is 0 Å². The van der Waals surface area contributed by atoms with Crippen molar-refractivity contribution in [1.82, 2.24) is 14.8 Å². The lowest BCUT2D eigenvalue weighted by Gasteiger charge is -2.41. The number of alkyl halides is 2. The molecule has 0 saturated carbocycles. The Morgan fingerprint density at radius 1 is 1.06 bits per heavy atom. The molecule has 4 nitrogen and oxygen atoms in total. The van der Waals surface area contributed by atoms with Gasteiger partial charge in [-0.25, -0.2) is 13.2 Å². The van der Waals surface area contributed by atoms with Crippen LogP contribution in [-0.4, -0.2) is 66.5 Å². The second-order valence-corrected chi connectivity index (χ2v) is 10.9. The number of nitrogens with zero attached hydrogens (tertiary/aromatic N) is 2. The minimum absolute atomic E-state index is 0.0314. The van der Waals surface area contributed by atoms with Crippen LogP contribution in [0.3, 0.4) is 0 Å². The van der Waals surface area contributed by atoms with Crippen molar-refractivity contribution in [3.05, 3.63) is 64.9 Å². The van der Waals surface area contributed by atoms with Crippen LogP contribution in [0.4, 0.5) is 17.6 Å². The maximum atomic E-state index is 15.6. The zero-order valence-corrected chi connectivity index (χ0v) is 21.0. The third kappa shape index (κ3) is 4.85. The van der Waals surface area contributed by atoms with Crippen molar-refractivity contribution in [1.29, 1.82) is 0 Å². The van der Waals surface area contributed by atoms with Gasteiger partial charge in [-0.2, -0.15) is 0 Å². The monoisotopic (exact) mass is 503 g/mol. The molecular weight excluding hydrogens is 470 g/mol. The fourth-order valence-corrected chi connectivity index (χ4v) is 5.78. The van der Waals surface area contributed by atoms with E-state index in [1.807, 2.05) is 34.1 Å². The van der Waals surface area contributed by atoms with Crippen LogP contribution in [0.1, 0.15) is 49.6 Å². The van der Waals surface area contributed by atoms with Crippen LogP contribution < -0.4 is 4.74 Å². The highest BCUT2D eigenvalue weighted by molar-refractivity contribution is 5.86. The number of ether oxygens (including phenoxy) is 1. The summed E-state index contributed by atoms with van der Waals surface area (Å²) in [6, 6.07) is 9.42. The molecule has 1 fully saturated rings. The Morgan fingerprint density at radius 2 is 1.75 bits per heavy atom. The van der Waals surface area contributed by atoms with Gasteiger partial charge in [-0.05, 0) is 31.4 Å². The van der Waals surface area contributed by atoms with Crippen LogP contribution in [0.25, 0.3) is 10.9 Å². The van der Waals surface area contributed by atoms with Crippen molar-refractivity contribution in [3.63, 3.8) is 0 Å². The fraction of sp³-hybridized carbons (Fsp3) is 0.500. The fourth-order valence-electron chi connectivity index (χ4n) is 5.78. The molecule has 2 aliphatic rings. The van der Waals surface area contributed by atoms with E-state index in [-0.39, 0.29) is 43.0 Å². The summed E-state index contributed by atoms with van der Waals surface area (Å²) >= 11 is 0. The van der Waals surface area contributed by atoms with Crippen molar-refractivity contribution < 1.29 is 22.3 Å². The van der Waals surface area contributed by atoms with Crippen LogP contribution >= 0.6 is 0 Å². The summed E-state index contributed by atoms with van der Waals surface area (Å²) in [6.07, 6.45) is 0.